The number of carbonyl (C=O) groups excluding carboxylic acids is 1. The molecule has 0 radical (unpaired) electrons. The average Bonchev–Trinajstić information content (AvgIpc) is 2.25. The summed E-state index contributed by atoms with van der Waals surface area (Å²) in [4.78, 5) is 10.9. The SMILES string of the molecule is CCC(Cc1cccc(NC(C)=O)c1)NC. The summed E-state index contributed by atoms with van der Waals surface area (Å²) in [6.45, 7) is 3.69. The normalized spacial score (nSPS) is 12.2. The van der Waals surface area contributed by atoms with Crippen molar-refractivity contribution in [3.8, 4) is 0 Å². The first-order valence-corrected chi connectivity index (χ1v) is 5.69. The largest absolute Gasteiger partial charge is 0.326 e. The van der Waals surface area contributed by atoms with Crippen LogP contribution in [0.4, 0.5) is 5.69 Å². The Labute approximate surface area is 97.2 Å². The molecule has 1 rings (SSSR count). The molecular weight excluding hydrogens is 200 g/mol. The van der Waals surface area contributed by atoms with Gasteiger partial charge in [0, 0.05) is 18.7 Å². The summed E-state index contributed by atoms with van der Waals surface area (Å²) < 4.78 is 0. The molecule has 0 saturated carbocycles. The molecule has 0 bridgehead atoms. The van der Waals surface area contributed by atoms with Crippen LogP contribution in [0, 0.1) is 0 Å². The van der Waals surface area contributed by atoms with Gasteiger partial charge in [0.1, 0.15) is 0 Å². The Kier molecular flexibility index (Phi) is 4.99. The van der Waals surface area contributed by atoms with E-state index in [-0.39, 0.29) is 5.91 Å². The maximum atomic E-state index is 10.9. The number of hydrogen-bond acceptors (Lipinski definition) is 2. The number of hydrogen-bond donors (Lipinski definition) is 2. The molecule has 0 spiro atoms. The van der Waals surface area contributed by atoms with Crippen LogP contribution in [0.2, 0.25) is 0 Å². The molecule has 1 aromatic rings. The predicted molar refractivity (Wildman–Crippen MR) is 67.6 cm³/mol. The Hall–Kier alpha value is -1.35. The van der Waals surface area contributed by atoms with E-state index < -0.39 is 0 Å². The summed E-state index contributed by atoms with van der Waals surface area (Å²) in [5.41, 5.74) is 2.11. The van der Waals surface area contributed by atoms with Crippen LogP contribution in [0.3, 0.4) is 0 Å². The molecular formula is C13H20N2O. The maximum absolute atomic E-state index is 10.9. The molecule has 0 aliphatic carbocycles. The van der Waals surface area contributed by atoms with Gasteiger partial charge in [0.25, 0.3) is 0 Å². The van der Waals surface area contributed by atoms with Crippen molar-refractivity contribution in [3.63, 3.8) is 0 Å². The lowest BCUT2D eigenvalue weighted by Gasteiger charge is -2.14. The second-order valence-electron chi connectivity index (χ2n) is 3.98. The second kappa shape index (κ2) is 6.28. The Morgan fingerprint density at radius 2 is 2.19 bits per heavy atom. The van der Waals surface area contributed by atoms with E-state index in [2.05, 4.69) is 23.6 Å². The first kappa shape index (κ1) is 12.7. The Morgan fingerprint density at radius 1 is 1.44 bits per heavy atom. The predicted octanol–water partition coefficient (Wildman–Crippen LogP) is 2.19. The molecule has 0 aliphatic rings. The Morgan fingerprint density at radius 3 is 2.75 bits per heavy atom. The second-order valence-corrected chi connectivity index (χ2v) is 3.98. The van der Waals surface area contributed by atoms with Crippen molar-refractivity contribution >= 4 is 11.6 Å². The van der Waals surface area contributed by atoms with Gasteiger partial charge in [0.15, 0.2) is 0 Å². The smallest absolute Gasteiger partial charge is 0.221 e. The molecule has 1 atom stereocenters. The summed E-state index contributed by atoms with van der Waals surface area (Å²) in [5.74, 6) is -0.0298. The monoisotopic (exact) mass is 220 g/mol. The minimum absolute atomic E-state index is 0.0298. The number of nitrogens with one attached hydrogen (secondary N) is 2. The van der Waals surface area contributed by atoms with Gasteiger partial charge in [0.05, 0.1) is 0 Å². The summed E-state index contributed by atoms with van der Waals surface area (Å²) in [7, 11) is 1.98. The third kappa shape index (κ3) is 4.03. The van der Waals surface area contributed by atoms with Crippen molar-refractivity contribution in [3.05, 3.63) is 29.8 Å². The molecule has 2 N–H and O–H groups in total. The molecule has 0 aromatic heterocycles. The van der Waals surface area contributed by atoms with Crippen molar-refractivity contribution in [2.75, 3.05) is 12.4 Å². The quantitative estimate of drug-likeness (QED) is 0.798. The fourth-order valence-corrected chi connectivity index (χ4v) is 1.71. The van der Waals surface area contributed by atoms with E-state index in [1.54, 1.807) is 0 Å². The molecule has 0 heterocycles. The third-order valence-electron chi connectivity index (χ3n) is 2.63. The van der Waals surface area contributed by atoms with E-state index >= 15 is 0 Å². The van der Waals surface area contributed by atoms with Gasteiger partial charge < -0.3 is 10.6 Å². The van der Waals surface area contributed by atoms with Crippen molar-refractivity contribution in [2.24, 2.45) is 0 Å². The molecule has 0 fully saturated rings. The molecule has 1 amide bonds. The molecule has 1 aromatic carbocycles. The van der Waals surface area contributed by atoms with E-state index in [4.69, 9.17) is 0 Å². The lowest BCUT2D eigenvalue weighted by Crippen LogP contribution is -2.26. The van der Waals surface area contributed by atoms with Crippen molar-refractivity contribution in [1.29, 1.82) is 0 Å². The van der Waals surface area contributed by atoms with Gasteiger partial charge in [-0.1, -0.05) is 19.1 Å². The Bertz CT molecular complexity index is 346. The molecule has 16 heavy (non-hydrogen) atoms. The van der Waals surface area contributed by atoms with Gasteiger partial charge in [-0.2, -0.15) is 0 Å². The number of benzene rings is 1. The van der Waals surface area contributed by atoms with E-state index in [1.165, 1.54) is 12.5 Å². The number of anilines is 1. The van der Waals surface area contributed by atoms with E-state index in [0.717, 1.165) is 18.5 Å². The molecule has 0 aliphatic heterocycles. The number of amides is 1. The van der Waals surface area contributed by atoms with Crippen LogP contribution in [0.15, 0.2) is 24.3 Å². The van der Waals surface area contributed by atoms with Crippen LogP contribution < -0.4 is 10.6 Å². The summed E-state index contributed by atoms with van der Waals surface area (Å²) in [5, 5.41) is 6.07. The highest BCUT2D eigenvalue weighted by Crippen LogP contribution is 2.13. The van der Waals surface area contributed by atoms with Gasteiger partial charge in [-0.3, -0.25) is 4.79 Å². The minimum atomic E-state index is -0.0298. The zero-order valence-corrected chi connectivity index (χ0v) is 10.2. The standard InChI is InChI=1S/C13H20N2O/c1-4-12(14-3)8-11-6-5-7-13(9-11)15-10(2)16/h5-7,9,12,14H,4,8H2,1-3H3,(H,15,16). The van der Waals surface area contributed by atoms with E-state index in [0.29, 0.717) is 6.04 Å². The zero-order valence-electron chi connectivity index (χ0n) is 10.2. The first-order valence-electron chi connectivity index (χ1n) is 5.69. The van der Waals surface area contributed by atoms with Gasteiger partial charge in [0.2, 0.25) is 5.91 Å². The zero-order chi connectivity index (χ0) is 12.0. The first-order chi connectivity index (χ1) is 7.65. The van der Waals surface area contributed by atoms with E-state index in [1.807, 2.05) is 25.2 Å². The maximum Gasteiger partial charge on any atom is 0.221 e. The highest BCUT2D eigenvalue weighted by molar-refractivity contribution is 5.88. The van der Waals surface area contributed by atoms with Gasteiger partial charge in [-0.25, -0.2) is 0 Å². The lowest BCUT2D eigenvalue weighted by molar-refractivity contribution is -0.114. The minimum Gasteiger partial charge on any atom is -0.326 e. The number of rotatable bonds is 5. The summed E-state index contributed by atoms with van der Waals surface area (Å²) in [6.07, 6.45) is 2.08. The topological polar surface area (TPSA) is 41.1 Å². The van der Waals surface area contributed by atoms with Crippen LogP contribution in [-0.2, 0) is 11.2 Å². The van der Waals surface area contributed by atoms with Crippen molar-refractivity contribution in [1.82, 2.24) is 5.32 Å². The summed E-state index contributed by atoms with van der Waals surface area (Å²) >= 11 is 0. The summed E-state index contributed by atoms with van der Waals surface area (Å²) in [6, 6.07) is 8.49. The molecule has 1 unspecified atom stereocenters. The van der Waals surface area contributed by atoms with Crippen LogP contribution in [0.25, 0.3) is 0 Å². The van der Waals surface area contributed by atoms with Crippen LogP contribution in [0.1, 0.15) is 25.8 Å². The molecule has 88 valence electrons. The molecule has 3 heteroatoms. The average molecular weight is 220 g/mol. The third-order valence-corrected chi connectivity index (χ3v) is 2.63. The molecule has 0 saturated heterocycles. The number of carbonyl (C=O) groups is 1. The highest BCUT2D eigenvalue weighted by atomic mass is 16.1. The lowest BCUT2D eigenvalue weighted by atomic mass is 10.0. The van der Waals surface area contributed by atoms with Gasteiger partial charge in [-0.05, 0) is 37.6 Å². The fraction of sp³-hybridized carbons (Fsp3) is 0.462. The van der Waals surface area contributed by atoms with E-state index in [9.17, 15) is 4.79 Å². The van der Waals surface area contributed by atoms with Crippen molar-refractivity contribution in [2.45, 2.75) is 32.7 Å². The van der Waals surface area contributed by atoms with Gasteiger partial charge in [-0.15, -0.1) is 0 Å². The van der Waals surface area contributed by atoms with Crippen molar-refractivity contribution < 1.29 is 4.79 Å². The Balaban J connectivity index is 2.70. The number of likely N-dealkylation sites (N-methyl/N-ethyl adjacent to an activating group) is 1. The van der Waals surface area contributed by atoms with Crippen LogP contribution >= 0.6 is 0 Å². The van der Waals surface area contributed by atoms with Crippen LogP contribution in [-0.4, -0.2) is 19.0 Å². The van der Waals surface area contributed by atoms with Crippen LogP contribution in [0.5, 0.6) is 0 Å². The molecule has 3 nitrogen and oxygen atoms in total. The van der Waals surface area contributed by atoms with Gasteiger partial charge >= 0.3 is 0 Å². The highest BCUT2D eigenvalue weighted by Gasteiger charge is 2.05. The fourth-order valence-electron chi connectivity index (χ4n) is 1.71.